The van der Waals surface area contributed by atoms with E-state index in [-0.39, 0.29) is 50.9 Å². The molecule has 0 spiro atoms. The van der Waals surface area contributed by atoms with E-state index >= 15 is 0 Å². The third-order valence-corrected chi connectivity index (χ3v) is 9.82. The van der Waals surface area contributed by atoms with Gasteiger partial charge in [0.2, 0.25) is 23.6 Å². The summed E-state index contributed by atoms with van der Waals surface area (Å²) in [5.74, 6) is -4.86. The first-order chi connectivity index (χ1) is 26.8. The Balaban J connectivity index is 1.94. The second-order valence-electron chi connectivity index (χ2n) is 15.0. The van der Waals surface area contributed by atoms with Crippen LogP contribution in [0.1, 0.15) is 83.6 Å². The van der Waals surface area contributed by atoms with Gasteiger partial charge in [0.05, 0.1) is 18.0 Å². The topological polar surface area (TPSA) is 249 Å². The van der Waals surface area contributed by atoms with Gasteiger partial charge < -0.3 is 43.6 Å². The highest BCUT2D eigenvalue weighted by Gasteiger charge is 2.33. The molecular weight excluding hydrogens is 715 g/mol. The number of carbonyl (C=O) groups excluding carboxylic acids is 5. The molecule has 0 fully saturated rings. The quantitative estimate of drug-likeness (QED) is 0.0765. The number of ketones is 1. The molecule has 4 amide bonds. The Kier molecular flexibility index (Phi) is 19.4. The number of unbranched alkanes of at least 4 members (excludes halogenated alkanes) is 2. The van der Waals surface area contributed by atoms with Gasteiger partial charge in [-0.15, -0.1) is 0 Å². The molecule has 0 aromatic heterocycles. The normalized spacial score (nSPS) is 20.6. The number of hydrogen-bond acceptors (Lipinski definition) is 9. The van der Waals surface area contributed by atoms with Crippen LogP contribution in [0, 0.1) is 11.8 Å². The van der Waals surface area contributed by atoms with Crippen LogP contribution in [-0.4, -0.2) is 83.8 Å². The monoisotopic (exact) mass is 775 g/mol. The summed E-state index contributed by atoms with van der Waals surface area (Å²) in [6.45, 7) is 4.54. The Morgan fingerprint density at radius 3 is 1.89 bits per heavy atom. The molecule has 0 saturated carbocycles. The number of benzene rings is 2. The van der Waals surface area contributed by atoms with Crippen molar-refractivity contribution >= 4 is 35.4 Å². The maximum Gasteiger partial charge on any atom is 0.306 e. The van der Waals surface area contributed by atoms with E-state index in [2.05, 4.69) is 21.3 Å². The summed E-state index contributed by atoms with van der Waals surface area (Å²) in [5.41, 5.74) is 20.2. The fourth-order valence-corrected chi connectivity index (χ4v) is 6.60. The summed E-state index contributed by atoms with van der Waals surface area (Å²) < 4.78 is 0. The number of amides is 4. The van der Waals surface area contributed by atoms with E-state index in [1.807, 2.05) is 68.4 Å². The highest BCUT2D eigenvalue weighted by atomic mass is 16.4. The summed E-state index contributed by atoms with van der Waals surface area (Å²) in [6.07, 6.45) is 6.17. The lowest BCUT2D eigenvalue weighted by Crippen LogP contribution is -2.58. The lowest BCUT2D eigenvalue weighted by Gasteiger charge is -2.27. The van der Waals surface area contributed by atoms with E-state index < -0.39 is 71.5 Å². The van der Waals surface area contributed by atoms with E-state index in [4.69, 9.17) is 17.2 Å². The van der Waals surface area contributed by atoms with Gasteiger partial charge >= 0.3 is 5.97 Å². The lowest BCUT2D eigenvalue weighted by molar-refractivity contribution is -0.144. The highest BCUT2D eigenvalue weighted by molar-refractivity contribution is 5.96. The maximum absolute atomic E-state index is 14.1. The van der Waals surface area contributed by atoms with Gasteiger partial charge in [0, 0.05) is 6.42 Å². The molecule has 56 heavy (non-hydrogen) atoms. The van der Waals surface area contributed by atoms with Gasteiger partial charge in [-0.1, -0.05) is 80.6 Å². The van der Waals surface area contributed by atoms with E-state index in [0.29, 0.717) is 38.8 Å². The summed E-state index contributed by atoms with van der Waals surface area (Å²) in [7, 11) is 0. The van der Waals surface area contributed by atoms with Crippen molar-refractivity contribution in [3.8, 4) is 11.1 Å². The Morgan fingerprint density at radius 1 is 0.768 bits per heavy atom. The summed E-state index contributed by atoms with van der Waals surface area (Å²) >= 11 is 0. The molecule has 0 saturated heterocycles. The molecule has 306 valence electrons. The summed E-state index contributed by atoms with van der Waals surface area (Å²) in [4.78, 5) is 80.7. The number of aliphatic carboxylic acids is 1. The molecule has 14 nitrogen and oxygen atoms in total. The van der Waals surface area contributed by atoms with Gasteiger partial charge in [0.15, 0.2) is 5.78 Å². The van der Waals surface area contributed by atoms with Crippen molar-refractivity contribution < 1.29 is 33.9 Å². The fourth-order valence-electron chi connectivity index (χ4n) is 6.60. The molecule has 0 radical (unpaired) electrons. The fraction of sp³-hybridized carbons (Fsp3) is 0.524. The second kappa shape index (κ2) is 23.9. The first-order valence-corrected chi connectivity index (χ1v) is 19.7. The largest absolute Gasteiger partial charge is 0.481 e. The van der Waals surface area contributed by atoms with Gasteiger partial charge in [-0.25, -0.2) is 0 Å². The molecule has 2 aromatic carbocycles. The van der Waals surface area contributed by atoms with Crippen LogP contribution in [0.5, 0.6) is 0 Å². The highest BCUT2D eigenvalue weighted by Crippen LogP contribution is 2.22. The zero-order valence-corrected chi connectivity index (χ0v) is 32.7. The van der Waals surface area contributed by atoms with Crippen molar-refractivity contribution in [2.75, 3.05) is 13.1 Å². The number of carboxylic acid groups (broad SMARTS) is 1. The number of carboxylic acids is 1. The molecule has 6 atom stereocenters. The number of rotatable bonds is 19. The van der Waals surface area contributed by atoms with Gasteiger partial charge in [-0.05, 0) is 99.9 Å². The van der Waals surface area contributed by atoms with E-state index in [1.54, 1.807) is 12.2 Å². The van der Waals surface area contributed by atoms with E-state index in [9.17, 15) is 33.9 Å². The number of nitrogens with one attached hydrogen (secondary N) is 4. The van der Waals surface area contributed by atoms with Crippen LogP contribution in [0.2, 0.25) is 0 Å². The minimum Gasteiger partial charge on any atom is -0.481 e. The summed E-state index contributed by atoms with van der Waals surface area (Å²) in [5, 5.41) is 21.0. The van der Waals surface area contributed by atoms with Crippen LogP contribution in [-0.2, 0) is 35.2 Å². The average molecular weight is 776 g/mol. The van der Waals surface area contributed by atoms with Gasteiger partial charge in [0.1, 0.15) is 18.1 Å². The zero-order valence-electron chi connectivity index (χ0n) is 32.7. The number of carbonyl (C=O) groups is 6. The van der Waals surface area contributed by atoms with Crippen molar-refractivity contribution in [2.24, 2.45) is 29.0 Å². The molecular formula is C42H61N7O7. The molecule has 14 heteroatoms. The smallest absolute Gasteiger partial charge is 0.306 e. The molecule has 0 unspecified atom stereocenters. The molecule has 0 aliphatic carbocycles. The van der Waals surface area contributed by atoms with E-state index in [0.717, 1.165) is 16.7 Å². The van der Waals surface area contributed by atoms with Gasteiger partial charge in [-0.3, -0.25) is 28.8 Å². The first kappa shape index (κ1) is 45.5. The van der Waals surface area contributed by atoms with Crippen LogP contribution in [0.3, 0.4) is 0 Å². The average Bonchev–Trinajstić information content (AvgIpc) is 3.17. The van der Waals surface area contributed by atoms with Crippen molar-refractivity contribution in [1.29, 1.82) is 0 Å². The molecule has 1 aliphatic rings. The maximum atomic E-state index is 14.1. The van der Waals surface area contributed by atoms with Gasteiger partial charge in [0.25, 0.3) is 0 Å². The third kappa shape index (κ3) is 15.3. The predicted octanol–water partition coefficient (Wildman–Crippen LogP) is 2.48. The lowest BCUT2D eigenvalue weighted by atomic mass is 9.89. The molecule has 2 aromatic rings. The van der Waals surface area contributed by atoms with Crippen molar-refractivity contribution in [2.45, 2.75) is 115 Å². The first-order valence-electron chi connectivity index (χ1n) is 19.7. The van der Waals surface area contributed by atoms with Crippen LogP contribution < -0.4 is 38.5 Å². The molecule has 1 heterocycles. The molecule has 3 rings (SSSR count). The SMILES string of the molecule is CC(C)C[C@H](CC(=O)[C@H](Cc1ccc(-c2ccccc2)cc1)NC(=O)[C@@H]1CC=CC[C@H](N)C(=O)N[C@@H](CCCCN)C(=O)N[C@@H](CCCCN)C(=O)N1)C(=O)O. The van der Waals surface area contributed by atoms with Crippen molar-refractivity contribution in [3.05, 3.63) is 72.3 Å². The van der Waals surface area contributed by atoms with Gasteiger partial charge in [-0.2, -0.15) is 0 Å². The van der Waals surface area contributed by atoms with Crippen LogP contribution in [0.4, 0.5) is 0 Å². The Bertz CT molecular complexity index is 1620. The number of hydrogen-bond donors (Lipinski definition) is 8. The molecule has 11 N–H and O–H groups in total. The minimum absolute atomic E-state index is 0.0190. The van der Waals surface area contributed by atoms with Crippen LogP contribution >= 0.6 is 0 Å². The predicted molar refractivity (Wildman–Crippen MR) is 216 cm³/mol. The minimum atomic E-state index is -1.19. The standard InChI is InChI=1S/C42H61N7O7/c1-27(2)24-31(42(55)56)26-37(50)36(25-28-18-20-30(21-19-28)29-12-4-3-5-13-29)49-41(54)34-15-7-6-14-32(45)38(51)46-33(16-8-10-22-43)39(52)48-35(40(53)47-34)17-9-11-23-44/h3-7,12-13,18-21,27,31-36H,8-11,14-17,22-26,43-45H2,1-2H3,(H,46,51)(H,47,53)(H,48,52)(H,49,54)(H,55,56)/t31-,32+,33+,34+,35+,36+/m1/s1. The van der Waals surface area contributed by atoms with Crippen LogP contribution in [0.15, 0.2) is 66.7 Å². The second-order valence-corrected chi connectivity index (χ2v) is 15.0. The van der Waals surface area contributed by atoms with Crippen LogP contribution in [0.25, 0.3) is 11.1 Å². The Labute approximate surface area is 330 Å². The molecule has 1 aliphatic heterocycles. The van der Waals surface area contributed by atoms with Crippen molar-refractivity contribution in [3.63, 3.8) is 0 Å². The Hall–Kier alpha value is -4.92. The number of nitrogens with two attached hydrogens (primary N) is 3. The molecule has 0 bridgehead atoms. The van der Waals surface area contributed by atoms with Crippen molar-refractivity contribution in [1.82, 2.24) is 21.3 Å². The number of Topliss-reactive ketones (excluding diaryl/α,β-unsaturated/α-hetero) is 1. The van der Waals surface area contributed by atoms with E-state index in [1.165, 1.54) is 0 Å². The third-order valence-electron chi connectivity index (χ3n) is 9.82. The Morgan fingerprint density at radius 2 is 1.32 bits per heavy atom. The zero-order chi connectivity index (χ0) is 41.0. The summed E-state index contributed by atoms with van der Waals surface area (Å²) in [6, 6.07) is 12.0.